The van der Waals surface area contributed by atoms with Gasteiger partial charge in [-0.3, -0.25) is 0 Å². The lowest BCUT2D eigenvalue weighted by atomic mass is 9.70. The smallest absolute Gasteiger partial charge is 0.119 e. The van der Waals surface area contributed by atoms with Crippen LogP contribution in [0.25, 0.3) is 55.6 Å². The van der Waals surface area contributed by atoms with Crippen LogP contribution in [0.15, 0.2) is 159 Å². The predicted molar refractivity (Wildman–Crippen MR) is 329 cm³/mol. The summed E-state index contributed by atoms with van der Waals surface area (Å²) in [5, 5.41) is 0. The molecule has 0 radical (unpaired) electrons. The molecule has 6 aromatic rings. The number of rotatable bonds is 40. The summed E-state index contributed by atoms with van der Waals surface area (Å²) >= 11 is 0. The van der Waals surface area contributed by atoms with Crippen LogP contribution in [0.1, 0.15) is 192 Å². The zero-order valence-electron chi connectivity index (χ0n) is 47.6. The van der Waals surface area contributed by atoms with Crippen molar-refractivity contribution in [2.24, 2.45) is 0 Å². The Morgan fingerprint density at radius 2 is 0.584 bits per heavy atom. The van der Waals surface area contributed by atoms with Crippen LogP contribution in [0.2, 0.25) is 0 Å². The van der Waals surface area contributed by atoms with Crippen LogP contribution >= 0.6 is 0 Å². The molecule has 0 amide bonds. The van der Waals surface area contributed by atoms with Gasteiger partial charge in [-0.2, -0.15) is 0 Å². The number of ether oxygens (including phenoxy) is 4. The Morgan fingerprint density at radius 3 is 0.922 bits per heavy atom. The maximum atomic E-state index is 6.14. The summed E-state index contributed by atoms with van der Waals surface area (Å²) in [6.45, 7) is 15.0. The molecule has 410 valence electrons. The van der Waals surface area contributed by atoms with E-state index in [1.54, 1.807) is 11.1 Å². The molecule has 0 unspecified atom stereocenters. The number of benzene rings is 6. The first-order valence-electron chi connectivity index (χ1n) is 30.5. The summed E-state index contributed by atoms with van der Waals surface area (Å²) in [4.78, 5) is 0. The standard InChI is InChI=1S/C73H94O4/c1-5-9-11-13-19-25-51-73(52-26-20-14-12-10-6-2)71-57-65(63-35-31-59(32-36-63)61-39-45-67(46-40-61)76-55-29-23-17-15-21-27-53-74-7-3)43-49-69(71)70-50-44-66(58-72(70)73)64-37-33-60(34-38-64)62-41-47-68(48-42-62)77-56-30-24-18-16-22-28-54-75-8-4/h7-8,31-50,57-58H,3-6,9-30,51-56H2,1-2H3. The summed E-state index contributed by atoms with van der Waals surface area (Å²) in [6.07, 6.45) is 35.3. The quantitative estimate of drug-likeness (QED) is 0.0284. The van der Waals surface area contributed by atoms with Gasteiger partial charge < -0.3 is 18.9 Å². The lowest BCUT2D eigenvalue weighted by Crippen LogP contribution is -2.25. The van der Waals surface area contributed by atoms with Crippen molar-refractivity contribution >= 4 is 0 Å². The number of hydrogen-bond donors (Lipinski definition) is 0. The van der Waals surface area contributed by atoms with Gasteiger partial charge in [0.15, 0.2) is 0 Å². The van der Waals surface area contributed by atoms with Gasteiger partial charge in [-0.25, -0.2) is 0 Å². The molecule has 0 fully saturated rings. The fourth-order valence-electron chi connectivity index (χ4n) is 11.7. The molecular weight excluding hydrogens is 941 g/mol. The Kier molecular flexibility index (Phi) is 25.4. The van der Waals surface area contributed by atoms with Crippen molar-refractivity contribution in [3.05, 3.63) is 170 Å². The van der Waals surface area contributed by atoms with Gasteiger partial charge in [-0.15, -0.1) is 0 Å². The summed E-state index contributed by atoms with van der Waals surface area (Å²) in [6, 6.07) is 50.7. The van der Waals surface area contributed by atoms with Crippen molar-refractivity contribution in [2.45, 2.75) is 186 Å². The van der Waals surface area contributed by atoms with Crippen LogP contribution in [0.4, 0.5) is 0 Å². The molecule has 0 saturated heterocycles. The molecule has 0 N–H and O–H groups in total. The average Bonchev–Trinajstić information content (AvgIpc) is 3.85. The lowest BCUT2D eigenvalue weighted by Gasteiger charge is -2.33. The molecule has 0 heterocycles. The van der Waals surface area contributed by atoms with E-state index in [4.69, 9.17) is 18.9 Å². The van der Waals surface area contributed by atoms with Crippen LogP contribution in [0.5, 0.6) is 11.5 Å². The summed E-state index contributed by atoms with van der Waals surface area (Å²) < 4.78 is 22.8. The Hall–Kier alpha value is -6.00. The van der Waals surface area contributed by atoms with E-state index in [1.807, 2.05) is 0 Å². The van der Waals surface area contributed by atoms with Crippen LogP contribution < -0.4 is 9.47 Å². The molecule has 1 aliphatic rings. The molecule has 0 atom stereocenters. The predicted octanol–water partition coefficient (Wildman–Crippen LogP) is 21.9. The zero-order chi connectivity index (χ0) is 53.6. The topological polar surface area (TPSA) is 36.9 Å². The highest BCUT2D eigenvalue weighted by Crippen LogP contribution is 2.56. The second-order valence-electron chi connectivity index (χ2n) is 21.9. The Bertz CT molecular complexity index is 2410. The second kappa shape index (κ2) is 33.3. The largest absolute Gasteiger partial charge is 0.502 e. The third kappa shape index (κ3) is 18.0. The second-order valence-corrected chi connectivity index (χ2v) is 21.9. The molecule has 0 bridgehead atoms. The summed E-state index contributed by atoms with van der Waals surface area (Å²) in [7, 11) is 0. The highest BCUT2D eigenvalue weighted by Gasteiger charge is 2.42. The molecule has 6 aromatic carbocycles. The van der Waals surface area contributed by atoms with Gasteiger partial charge in [0.2, 0.25) is 0 Å². The van der Waals surface area contributed by atoms with Crippen molar-refractivity contribution in [3.8, 4) is 67.1 Å². The van der Waals surface area contributed by atoms with E-state index in [2.05, 4.69) is 160 Å². The Morgan fingerprint density at radius 1 is 0.312 bits per heavy atom. The van der Waals surface area contributed by atoms with Gasteiger partial charge >= 0.3 is 0 Å². The van der Waals surface area contributed by atoms with E-state index in [0.717, 1.165) is 63.6 Å². The van der Waals surface area contributed by atoms with Crippen molar-refractivity contribution in [1.82, 2.24) is 0 Å². The van der Waals surface area contributed by atoms with E-state index in [-0.39, 0.29) is 5.41 Å². The molecule has 0 spiro atoms. The van der Waals surface area contributed by atoms with E-state index in [1.165, 1.54) is 209 Å². The first-order chi connectivity index (χ1) is 38.1. The maximum absolute atomic E-state index is 6.14. The van der Waals surface area contributed by atoms with Crippen LogP contribution in [0, 0.1) is 0 Å². The minimum Gasteiger partial charge on any atom is -0.502 e. The number of unbranched alkanes of at least 4 members (excludes halogenated alkanes) is 20. The summed E-state index contributed by atoms with van der Waals surface area (Å²) in [5.41, 5.74) is 16.0. The van der Waals surface area contributed by atoms with E-state index in [9.17, 15) is 0 Å². The van der Waals surface area contributed by atoms with Gasteiger partial charge in [0.1, 0.15) is 11.5 Å². The van der Waals surface area contributed by atoms with E-state index < -0.39 is 0 Å². The van der Waals surface area contributed by atoms with Crippen molar-refractivity contribution in [2.75, 3.05) is 26.4 Å². The van der Waals surface area contributed by atoms with Gasteiger partial charge in [0, 0.05) is 5.41 Å². The van der Waals surface area contributed by atoms with Gasteiger partial charge in [0.25, 0.3) is 0 Å². The molecule has 4 nitrogen and oxygen atoms in total. The summed E-state index contributed by atoms with van der Waals surface area (Å²) in [5.74, 6) is 1.89. The fourth-order valence-corrected chi connectivity index (χ4v) is 11.7. The monoisotopic (exact) mass is 1030 g/mol. The first kappa shape index (κ1) is 58.7. The maximum Gasteiger partial charge on any atom is 0.119 e. The number of hydrogen-bond acceptors (Lipinski definition) is 4. The fraction of sp³-hybridized carbons (Fsp3) is 0.452. The molecule has 0 aromatic heterocycles. The van der Waals surface area contributed by atoms with Crippen molar-refractivity contribution in [1.29, 1.82) is 0 Å². The third-order valence-electron chi connectivity index (χ3n) is 16.2. The Balaban J connectivity index is 1.05. The lowest BCUT2D eigenvalue weighted by molar-refractivity contribution is 0.241. The third-order valence-corrected chi connectivity index (χ3v) is 16.2. The van der Waals surface area contributed by atoms with E-state index >= 15 is 0 Å². The van der Waals surface area contributed by atoms with Gasteiger partial charge in [-0.1, -0.05) is 252 Å². The van der Waals surface area contributed by atoms with Crippen LogP contribution in [0.3, 0.4) is 0 Å². The van der Waals surface area contributed by atoms with Crippen molar-refractivity contribution in [3.63, 3.8) is 0 Å². The van der Waals surface area contributed by atoms with Crippen LogP contribution in [-0.4, -0.2) is 26.4 Å². The zero-order valence-corrected chi connectivity index (χ0v) is 47.6. The normalized spacial score (nSPS) is 12.2. The van der Waals surface area contributed by atoms with Crippen LogP contribution in [-0.2, 0) is 14.9 Å². The SMILES string of the molecule is C=COCCCCCCCCOc1ccc(-c2ccc(-c3ccc4c(c3)C(CCCCCCCC)(CCCCCCCC)c3cc(-c5ccc(-c6ccc(OCCCCCCCCOC=C)cc6)cc5)ccc3-4)cc2)cc1. The molecule has 77 heavy (non-hydrogen) atoms. The molecule has 0 saturated carbocycles. The average molecular weight is 1040 g/mol. The van der Waals surface area contributed by atoms with E-state index in [0.29, 0.717) is 0 Å². The molecule has 1 aliphatic carbocycles. The minimum absolute atomic E-state index is 0.0260. The highest BCUT2D eigenvalue weighted by atomic mass is 16.5. The van der Waals surface area contributed by atoms with Crippen molar-refractivity contribution < 1.29 is 18.9 Å². The molecular formula is C73H94O4. The molecule has 7 rings (SSSR count). The minimum atomic E-state index is -0.0260. The molecule has 4 heteroatoms. The highest BCUT2D eigenvalue weighted by molar-refractivity contribution is 5.86. The Labute approximate surface area is 466 Å². The first-order valence-corrected chi connectivity index (χ1v) is 30.5. The van der Waals surface area contributed by atoms with Gasteiger partial charge in [-0.05, 0) is 142 Å². The van der Waals surface area contributed by atoms with Gasteiger partial charge in [0.05, 0.1) is 39.0 Å². The number of fused-ring (bicyclic) bond motifs is 3. The molecule has 0 aliphatic heterocycles.